The number of aryl methyl sites for hydroxylation is 1. The molecule has 2 aromatic rings. The molecule has 8 heteroatoms. The fraction of sp³-hybridized carbons (Fsp3) is 0.517. The first-order chi connectivity index (χ1) is 17.9. The molecule has 3 heterocycles. The highest BCUT2D eigenvalue weighted by molar-refractivity contribution is 6.00. The van der Waals surface area contributed by atoms with Gasteiger partial charge >= 0.3 is 0 Å². The van der Waals surface area contributed by atoms with Gasteiger partial charge in [-0.05, 0) is 48.8 Å². The molecule has 2 aliphatic heterocycles. The van der Waals surface area contributed by atoms with Crippen molar-refractivity contribution in [1.29, 1.82) is 0 Å². The summed E-state index contributed by atoms with van der Waals surface area (Å²) in [6.07, 6.45) is 3.82. The van der Waals surface area contributed by atoms with Crippen LogP contribution in [0.3, 0.4) is 0 Å². The zero-order valence-electron chi connectivity index (χ0n) is 21.9. The van der Waals surface area contributed by atoms with Crippen LogP contribution in [0.5, 0.6) is 0 Å². The van der Waals surface area contributed by atoms with Gasteiger partial charge in [0.2, 0.25) is 17.7 Å². The van der Waals surface area contributed by atoms with E-state index in [1.165, 1.54) is 11.1 Å². The van der Waals surface area contributed by atoms with E-state index in [-0.39, 0.29) is 29.6 Å². The summed E-state index contributed by atoms with van der Waals surface area (Å²) in [7, 11) is 0. The van der Waals surface area contributed by atoms with Gasteiger partial charge in [0.1, 0.15) is 18.1 Å². The molecule has 3 amide bonds. The molecule has 0 unspecified atom stereocenters. The van der Waals surface area contributed by atoms with E-state index in [2.05, 4.69) is 22.4 Å². The zero-order valence-corrected chi connectivity index (χ0v) is 21.9. The van der Waals surface area contributed by atoms with Crippen molar-refractivity contribution in [3.8, 4) is 0 Å². The summed E-state index contributed by atoms with van der Waals surface area (Å²) in [5.41, 5.74) is 3.89. The van der Waals surface area contributed by atoms with Gasteiger partial charge in [-0.2, -0.15) is 0 Å². The Kier molecular flexibility index (Phi) is 7.29. The molecule has 1 aromatic carbocycles. The minimum absolute atomic E-state index is 0.0514. The van der Waals surface area contributed by atoms with Gasteiger partial charge in [0.05, 0.1) is 13.2 Å². The fourth-order valence-corrected chi connectivity index (χ4v) is 5.94. The van der Waals surface area contributed by atoms with Crippen LogP contribution in [0.25, 0.3) is 0 Å². The lowest BCUT2D eigenvalue weighted by molar-refractivity contribution is -0.163. The van der Waals surface area contributed by atoms with E-state index in [0.29, 0.717) is 38.3 Å². The van der Waals surface area contributed by atoms with Gasteiger partial charge in [-0.1, -0.05) is 50.6 Å². The summed E-state index contributed by atoms with van der Waals surface area (Å²) in [5, 5.41) is 3.08. The summed E-state index contributed by atoms with van der Waals surface area (Å²) in [4.78, 5) is 50.0. The topological polar surface area (TPSA) is 91.8 Å². The molecule has 8 nitrogen and oxygen atoms in total. The molecule has 2 fully saturated rings. The van der Waals surface area contributed by atoms with Gasteiger partial charge in [0.25, 0.3) is 0 Å². The Morgan fingerprint density at radius 3 is 2.38 bits per heavy atom. The molecule has 0 radical (unpaired) electrons. The number of nitrogens with one attached hydrogen (secondary N) is 1. The Morgan fingerprint density at radius 2 is 1.78 bits per heavy atom. The lowest BCUT2D eigenvalue weighted by Gasteiger charge is -2.47. The maximum absolute atomic E-state index is 14.4. The van der Waals surface area contributed by atoms with Crippen molar-refractivity contribution in [2.24, 2.45) is 11.8 Å². The molecule has 0 saturated carbocycles. The summed E-state index contributed by atoms with van der Waals surface area (Å²) in [6.45, 7) is 7.69. The quantitative estimate of drug-likeness (QED) is 0.653. The number of nitrogens with zero attached hydrogens (tertiary/aromatic N) is 3. The lowest BCUT2D eigenvalue weighted by atomic mass is 9.86. The average Bonchev–Trinajstić information content (AvgIpc) is 3.35. The molecule has 1 N–H and O–H groups in total. The second-order valence-electron chi connectivity index (χ2n) is 10.6. The molecule has 4 atom stereocenters. The largest absolute Gasteiger partial charge is 0.378 e. The maximum atomic E-state index is 14.4. The van der Waals surface area contributed by atoms with Gasteiger partial charge in [-0.3, -0.25) is 19.4 Å². The Balaban J connectivity index is 1.55. The Bertz CT molecular complexity index is 1140. The Morgan fingerprint density at radius 1 is 1.11 bits per heavy atom. The predicted molar refractivity (Wildman–Crippen MR) is 138 cm³/mol. The van der Waals surface area contributed by atoms with Gasteiger partial charge in [0.15, 0.2) is 0 Å². The number of carbonyl (C=O) groups is 3. The number of carbonyl (C=O) groups excluding carboxylic acids is 3. The SMILES string of the molecule is CC[C@@H](C)[C@@H]1C(=O)N[C@H](C2Cc3ccccc3C2)C(=O)N1[C@@H](C(=O)N1CCOCC1)c1ccc(C)nc1. The number of piperazine rings is 1. The maximum Gasteiger partial charge on any atom is 0.250 e. The Labute approximate surface area is 218 Å². The first-order valence-electron chi connectivity index (χ1n) is 13.4. The molecule has 2 saturated heterocycles. The number of morpholine rings is 1. The number of hydrogen-bond acceptors (Lipinski definition) is 5. The Hall–Kier alpha value is -3.26. The molecule has 0 bridgehead atoms. The molecule has 3 aliphatic rings. The van der Waals surface area contributed by atoms with E-state index in [1.54, 1.807) is 16.0 Å². The van der Waals surface area contributed by atoms with E-state index < -0.39 is 18.1 Å². The zero-order chi connectivity index (χ0) is 26.1. The van der Waals surface area contributed by atoms with Crippen molar-refractivity contribution in [2.75, 3.05) is 26.3 Å². The number of ether oxygens (including phenoxy) is 1. The monoisotopic (exact) mass is 504 g/mol. The van der Waals surface area contributed by atoms with Gasteiger partial charge in [-0.25, -0.2) is 0 Å². The van der Waals surface area contributed by atoms with Crippen LogP contribution in [0.15, 0.2) is 42.6 Å². The van der Waals surface area contributed by atoms with Crippen LogP contribution in [-0.2, 0) is 32.0 Å². The van der Waals surface area contributed by atoms with Crippen LogP contribution in [0.2, 0.25) is 0 Å². The van der Waals surface area contributed by atoms with Gasteiger partial charge < -0.3 is 19.9 Å². The number of pyridine rings is 1. The standard InChI is InChI=1S/C29H36N4O4/c1-4-18(2)25-27(34)31-24(23-15-20-7-5-6-8-21(20)16-23)28(35)33(25)26(22-10-9-19(3)30-17-22)29(36)32-11-13-37-14-12-32/h5-10,17-18,23-26H,4,11-16H2,1-3H3,(H,31,34)/t18-,24-,25-,26-/m1/s1. The summed E-state index contributed by atoms with van der Waals surface area (Å²) in [6, 6.07) is 9.57. The highest BCUT2D eigenvalue weighted by Crippen LogP contribution is 2.36. The third kappa shape index (κ3) is 4.87. The van der Waals surface area contributed by atoms with Crippen LogP contribution in [0.4, 0.5) is 0 Å². The minimum atomic E-state index is -0.921. The van der Waals surface area contributed by atoms with Crippen molar-refractivity contribution >= 4 is 17.7 Å². The third-order valence-electron chi connectivity index (χ3n) is 8.21. The number of amides is 3. The summed E-state index contributed by atoms with van der Waals surface area (Å²) < 4.78 is 5.48. The van der Waals surface area contributed by atoms with Crippen molar-refractivity contribution in [1.82, 2.24) is 20.1 Å². The van der Waals surface area contributed by atoms with Crippen molar-refractivity contribution in [2.45, 2.75) is 58.2 Å². The van der Waals surface area contributed by atoms with Crippen LogP contribution in [-0.4, -0.2) is 70.9 Å². The number of aromatic nitrogens is 1. The van der Waals surface area contributed by atoms with Gasteiger partial charge in [0, 0.05) is 30.5 Å². The number of rotatable bonds is 6. The van der Waals surface area contributed by atoms with Crippen LogP contribution in [0.1, 0.15) is 48.7 Å². The number of hydrogen-bond donors (Lipinski definition) is 1. The predicted octanol–water partition coefficient (Wildman–Crippen LogP) is 2.45. The first kappa shape index (κ1) is 25.4. The summed E-state index contributed by atoms with van der Waals surface area (Å²) >= 11 is 0. The summed E-state index contributed by atoms with van der Waals surface area (Å²) in [5.74, 6) is -0.725. The van der Waals surface area contributed by atoms with Crippen LogP contribution in [0, 0.1) is 18.8 Å². The van der Waals surface area contributed by atoms with Crippen molar-refractivity contribution in [3.05, 3.63) is 65.0 Å². The average molecular weight is 505 g/mol. The molecular weight excluding hydrogens is 468 g/mol. The van der Waals surface area contributed by atoms with Crippen molar-refractivity contribution < 1.29 is 19.1 Å². The smallest absolute Gasteiger partial charge is 0.250 e. The fourth-order valence-electron chi connectivity index (χ4n) is 5.94. The minimum Gasteiger partial charge on any atom is -0.378 e. The van der Waals surface area contributed by atoms with E-state index in [4.69, 9.17) is 4.74 Å². The molecule has 5 rings (SSSR count). The van der Waals surface area contributed by atoms with Gasteiger partial charge in [-0.15, -0.1) is 0 Å². The molecule has 196 valence electrons. The van der Waals surface area contributed by atoms with E-state index in [1.807, 2.05) is 45.0 Å². The molecule has 0 spiro atoms. The second-order valence-corrected chi connectivity index (χ2v) is 10.6. The normalized spacial score (nSPS) is 24.0. The lowest BCUT2D eigenvalue weighted by Crippen LogP contribution is -2.68. The highest BCUT2D eigenvalue weighted by atomic mass is 16.5. The van der Waals surface area contributed by atoms with Crippen molar-refractivity contribution in [3.63, 3.8) is 0 Å². The number of fused-ring (bicyclic) bond motifs is 1. The van der Waals surface area contributed by atoms with Crippen LogP contribution >= 0.6 is 0 Å². The van der Waals surface area contributed by atoms with E-state index in [0.717, 1.165) is 18.5 Å². The molecule has 37 heavy (non-hydrogen) atoms. The highest BCUT2D eigenvalue weighted by Gasteiger charge is 2.51. The van der Waals surface area contributed by atoms with Crippen LogP contribution < -0.4 is 5.32 Å². The molecule has 1 aromatic heterocycles. The second kappa shape index (κ2) is 10.6. The molecule has 1 aliphatic carbocycles. The van der Waals surface area contributed by atoms with E-state index >= 15 is 0 Å². The first-order valence-corrected chi connectivity index (χ1v) is 13.4. The van der Waals surface area contributed by atoms with E-state index in [9.17, 15) is 14.4 Å². The third-order valence-corrected chi connectivity index (χ3v) is 8.21. The molecular formula is C29H36N4O4. The number of benzene rings is 1.